The van der Waals surface area contributed by atoms with Gasteiger partial charge in [0, 0.05) is 13.5 Å². The summed E-state index contributed by atoms with van der Waals surface area (Å²) in [5, 5.41) is 12.4. The van der Waals surface area contributed by atoms with E-state index >= 15 is 0 Å². The normalized spacial score (nSPS) is 36.4. The van der Waals surface area contributed by atoms with Crippen molar-refractivity contribution in [1.29, 1.82) is 0 Å². The van der Waals surface area contributed by atoms with E-state index in [1.54, 1.807) is 0 Å². The van der Waals surface area contributed by atoms with Gasteiger partial charge in [-0.1, -0.05) is 6.07 Å². The van der Waals surface area contributed by atoms with E-state index in [0.29, 0.717) is 0 Å². The van der Waals surface area contributed by atoms with Crippen LogP contribution in [0, 0.1) is 16.8 Å². The minimum Gasteiger partial charge on any atom is -0.633 e. The molecule has 0 bridgehead atoms. The Morgan fingerprint density at radius 2 is 2.24 bits per heavy atom. The van der Waals surface area contributed by atoms with Crippen molar-refractivity contribution < 1.29 is 22.3 Å². The third-order valence-corrected chi connectivity index (χ3v) is 3.22. The summed E-state index contributed by atoms with van der Waals surface area (Å²) in [4.78, 5) is 0. The van der Waals surface area contributed by atoms with Crippen LogP contribution in [-0.2, 0) is 10.3 Å². The van der Waals surface area contributed by atoms with Crippen molar-refractivity contribution in [3.63, 3.8) is 0 Å². The molecule has 0 saturated carbocycles. The lowest BCUT2D eigenvalue weighted by Crippen LogP contribution is -2.40. The van der Waals surface area contributed by atoms with Crippen LogP contribution in [0.3, 0.4) is 0 Å². The van der Waals surface area contributed by atoms with Gasteiger partial charge >= 0.3 is 0 Å². The van der Waals surface area contributed by atoms with Gasteiger partial charge in [0.25, 0.3) is 0 Å². The number of hydrogen-bond donors (Lipinski definition) is 0. The molecule has 3 nitrogen and oxygen atoms in total. The highest BCUT2D eigenvalue weighted by Gasteiger charge is 2.45. The van der Waals surface area contributed by atoms with E-state index in [-0.39, 0.29) is 25.1 Å². The van der Waals surface area contributed by atoms with Crippen molar-refractivity contribution in [2.75, 3.05) is 27.2 Å². The molecule has 94 valence electrons. The Morgan fingerprint density at radius 1 is 1.47 bits per heavy atom. The number of likely N-dealkylation sites (N-methyl/N-ethyl adjacent to an activating group) is 1. The second-order valence-corrected chi connectivity index (χ2v) is 4.35. The first kappa shape index (κ1) is 8.97. The standard InChI is InChI=1S/C12H15F2NO2/c1-15(16)6-5-12(8-15,17-2)9-3-4-10(13)11(14)7-9/h3-4,7H,5-6,8H2,1-2H3/i1D3. The van der Waals surface area contributed by atoms with Gasteiger partial charge in [-0.2, -0.15) is 0 Å². The molecule has 2 atom stereocenters. The van der Waals surface area contributed by atoms with Crippen molar-refractivity contribution in [3.05, 3.63) is 40.6 Å². The first-order chi connectivity index (χ1) is 9.13. The van der Waals surface area contributed by atoms with Gasteiger partial charge in [0.05, 0.1) is 17.6 Å². The molecule has 0 aromatic heterocycles. The summed E-state index contributed by atoms with van der Waals surface area (Å²) in [7, 11) is 1.33. The molecule has 1 heterocycles. The third kappa shape index (κ3) is 2.18. The second-order valence-electron chi connectivity index (χ2n) is 4.35. The Balaban J connectivity index is 2.40. The molecule has 1 aromatic carbocycles. The van der Waals surface area contributed by atoms with Crippen molar-refractivity contribution in [2.24, 2.45) is 0 Å². The highest BCUT2D eigenvalue weighted by Crippen LogP contribution is 2.38. The molecule has 5 heteroatoms. The fourth-order valence-electron chi connectivity index (χ4n) is 2.23. The van der Waals surface area contributed by atoms with Crippen molar-refractivity contribution >= 4 is 0 Å². The number of quaternary nitrogens is 1. The number of likely N-dealkylation sites (tertiary alicyclic amines) is 1. The fourth-order valence-corrected chi connectivity index (χ4v) is 2.23. The lowest BCUT2D eigenvalue weighted by molar-refractivity contribution is -0.851. The Labute approximate surface area is 103 Å². The maximum atomic E-state index is 13.3. The summed E-state index contributed by atoms with van der Waals surface area (Å²) in [5.41, 5.74) is -0.927. The third-order valence-electron chi connectivity index (χ3n) is 3.22. The van der Waals surface area contributed by atoms with E-state index in [9.17, 15) is 14.0 Å². The largest absolute Gasteiger partial charge is 0.633 e. The molecular formula is C12H15F2NO2. The summed E-state index contributed by atoms with van der Waals surface area (Å²) >= 11 is 0. The van der Waals surface area contributed by atoms with Gasteiger partial charge in [0.1, 0.15) is 12.1 Å². The van der Waals surface area contributed by atoms with Crippen molar-refractivity contribution in [3.8, 4) is 0 Å². The maximum absolute atomic E-state index is 13.3. The molecule has 0 spiro atoms. The number of halogens is 2. The summed E-state index contributed by atoms with van der Waals surface area (Å²) < 4.78 is 52.2. The highest BCUT2D eigenvalue weighted by molar-refractivity contribution is 5.25. The van der Waals surface area contributed by atoms with Gasteiger partial charge in [-0.05, 0) is 17.7 Å². The Hall–Kier alpha value is -1.04. The number of hydrogen-bond acceptors (Lipinski definition) is 2. The molecular weight excluding hydrogens is 228 g/mol. The summed E-state index contributed by atoms with van der Waals surface area (Å²) in [6.07, 6.45) is 0.135. The van der Waals surface area contributed by atoms with E-state index in [0.717, 1.165) is 12.1 Å². The first-order valence-corrected chi connectivity index (χ1v) is 5.22. The van der Waals surface area contributed by atoms with Gasteiger partial charge < -0.3 is 14.6 Å². The van der Waals surface area contributed by atoms with Gasteiger partial charge in [0.2, 0.25) is 0 Å². The summed E-state index contributed by atoms with van der Waals surface area (Å²) in [5.74, 6) is -2.06. The SMILES string of the molecule is [2H]C([2H])([2H])[N+]1([O-])CCC(OC)(c2ccc(F)c(F)c2)C1. The van der Waals surface area contributed by atoms with Crippen LogP contribution in [0.15, 0.2) is 18.2 Å². The van der Waals surface area contributed by atoms with Gasteiger partial charge in [-0.3, -0.25) is 0 Å². The molecule has 0 aliphatic carbocycles. The number of hydroxylamine groups is 3. The predicted molar refractivity (Wildman–Crippen MR) is 58.9 cm³/mol. The molecule has 17 heavy (non-hydrogen) atoms. The molecule has 2 rings (SSSR count). The Bertz CT molecular complexity index is 526. The zero-order chi connectivity index (χ0) is 15.2. The van der Waals surface area contributed by atoms with Crippen LogP contribution in [0.2, 0.25) is 0 Å². The van der Waals surface area contributed by atoms with Crippen LogP contribution in [0.25, 0.3) is 0 Å². The van der Waals surface area contributed by atoms with E-state index < -0.39 is 28.9 Å². The van der Waals surface area contributed by atoms with E-state index in [4.69, 9.17) is 8.85 Å². The van der Waals surface area contributed by atoms with Crippen molar-refractivity contribution in [2.45, 2.75) is 12.0 Å². The zero-order valence-corrected chi connectivity index (χ0v) is 9.37. The Morgan fingerprint density at radius 3 is 2.76 bits per heavy atom. The highest BCUT2D eigenvalue weighted by atomic mass is 19.2. The second kappa shape index (κ2) is 4.01. The molecule has 0 radical (unpaired) electrons. The molecule has 1 aliphatic heterocycles. The summed E-state index contributed by atoms with van der Waals surface area (Å²) in [6.45, 7) is -3.24. The van der Waals surface area contributed by atoms with Crippen LogP contribution in [0.1, 0.15) is 16.1 Å². The molecule has 0 amide bonds. The first-order valence-electron chi connectivity index (χ1n) is 6.72. The lowest BCUT2D eigenvalue weighted by atomic mass is 9.92. The molecule has 0 N–H and O–H groups in total. The lowest BCUT2D eigenvalue weighted by Gasteiger charge is -2.36. The molecule has 1 fully saturated rings. The molecule has 1 aliphatic rings. The van der Waals surface area contributed by atoms with Crippen LogP contribution in [0.4, 0.5) is 8.78 Å². The number of benzene rings is 1. The quantitative estimate of drug-likeness (QED) is 0.591. The smallest absolute Gasteiger partial charge is 0.159 e. The number of ether oxygens (including phenoxy) is 1. The number of methoxy groups -OCH3 is 1. The van der Waals surface area contributed by atoms with E-state index in [2.05, 4.69) is 0 Å². The van der Waals surface area contributed by atoms with Crippen LogP contribution >= 0.6 is 0 Å². The Kier molecular flexibility index (Phi) is 2.12. The fraction of sp³-hybridized carbons (Fsp3) is 0.500. The number of rotatable bonds is 2. The molecule has 2 unspecified atom stereocenters. The van der Waals surface area contributed by atoms with Gasteiger partial charge in [0.15, 0.2) is 11.6 Å². The number of nitrogens with zero attached hydrogens (tertiary/aromatic N) is 1. The average molecular weight is 246 g/mol. The zero-order valence-electron chi connectivity index (χ0n) is 12.4. The van der Waals surface area contributed by atoms with E-state index in [1.807, 2.05) is 0 Å². The predicted octanol–water partition coefficient (Wildman–Crippen LogP) is 2.15. The van der Waals surface area contributed by atoms with Crippen LogP contribution < -0.4 is 0 Å². The van der Waals surface area contributed by atoms with Crippen molar-refractivity contribution in [1.82, 2.24) is 0 Å². The van der Waals surface area contributed by atoms with Crippen LogP contribution in [0.5, 0.6) is 0 Å². The molecule has 1 saturated heterocycles. The topological polar surface area (TPSA) is 32.3 Å². The molecule has 1 aromatic rings. The monoisotopic (exact) mass is 246 g/mol. The minimum absolute atomic E-state index is 0.135. The average Bonchev–Trinajstić information content (AvgIpc) is 2.73. The maximum Gasteiger partial charge on any atom is 0.159 e. The minimum atomic E-state index is -2.72. The van der Waals surface area contributed by atoms with Gasteiger partial charge in [-0.25, -0.2) is 8.78 Å². The summed E-state index contributed by atoms with van der Waals surface area (Å²) in [6, 6.07) is 3.21. The van der Waals surface area contributed by atoms with Crippen LogP contribution in [-0.4, -0.2) is 31.8 Å². The van der Waals surface area contributed by atoms with Gasteiger partial charge in [-0.15, -0.1) is 0 Å². The van der Waals surface area contributed by atoms with E-state index in [1.165, 1.54) is 13.2 Å².